The zero-order valence-corrected chi connectivity index (χ0v) is 13.9. The lowest BCUT2D eigenvalue weighted by Gasteiger charge is -2.28. The first-order chi connectivity index (χ1) is 11.7. The fraction of sp³-hybridized carbons (Fsp3) is 0.588. The summed E-state index contributed by atoms with van der Waals surface area (Å²) in [7, 11) is 0. The van der Waals surface area contributed by atoms with E-state index in [0.717, 1.165) is 41.6 Å². The van der Waals surface area contributed by atoms with E-state index in [4.69, 9.17) is 0 Å². The van der Waals surface area contributed by atoms with Crippen LogP contribution in [0.15, 0.2) is 18.6 Å². The van der Waals surface area contributed by atoms with Crippen LogP contribution in [0.4, 0.5) is 0 Å². The molecule has 0 saturated heterocycles. The van der Waals surface area contributed by atoms with E-state index >= 15 is 0 Å². The molecule has 128 valence electrons. The van der Waals surface area contributed by atoms with E-state index in [9.17, 15) is 5.11 Å². The zero-order chi connectivity index (χ0) is 16.5. The third-order valence-electron chi connectivity index (χ3n) is 5.10. The van der Waals surface area contributed by atoms with Gasteiger partial charge in [0.25, 0.3) is 0 Å². The maximum atomic E-state index is 9.33. The minimum Gasteiger partial charge on any atom is -0.392 e. The highest BCUT2D eigenvalue weighted by molar-refractivity contribution is 5.92. The maximum Gasteiger partial charge on any atom is 0.141 e. The van der Waals surface area contributed by atoms with Gasteiger partial charge < -0.3 is 15.4 Å². The maximum absolute atomic E-state index is 9.33. The number of rotatable bonds is 5. The molecule has 0 bridgehead atoms. The SMILES string of the molecule is C[C@@H](O)CNCC1CCC(c2nnn3cnc4[nH]ccc4c23)CC1. The molecule has 3 heterocycles. The van der Waals surface area contributed by atoms with E-state index in [2.05, 4.69) is 31.7 Å². The Labute approximate surface area is 140 Å². The van der Waals surface area contributed by atoms with Crippen molar-refractivity contribution in [2.24, 2.45) is 5.92 Å². The molecule has 0 aromatic carbocycles. The average Bonchev–Trinajstić information content (AvgIpc) is 3.21. The van der Waals surface area contributed by atoms with Gasteiger partial charge in [-0.1, -0.05) is 5.21 Å². The summed E-state index contributed by atoms with van der Waals surface area (Å²) >= 11 is 0. The second kappa shape index (κ2) is 6.49. The van der Waals surface area contributed by atoms with Crippen molar-refractivity contribution in [2.45, 2.75) is 44.6 Å². The Morgan fingerprint density at radius 1 is 1.38 bits per heavy atom. The van der Waals surface area contributed by atoms with Gasteiger partial charge >= 0.3 is 0 Å². The molecule has 7 nitrogen and oxygen atoms in total. The monoisotopic (exact) mass is 328 g/mol. The minimum atomic E-state index is -0.276. The molecule has 7 heteroatoms. The predicted molar refractivity (Wildman–Crippen MR) is 91.9 cm³/mol. The molecule has 1 aliphatic carbocycles. The van der Waals surface area contributed by atoms with Gasteiger partial charge in [-0.2, -0.15) is 0 Å². The molecule has 0 unspecified atom stereocenters. The summed E-state index contributed by atoms with van der Waals surface area (Å²) in [5.41, 5.74) is 3.09. The normalized spacial score (nSPS) is 23.1. The quantitative estimate of drug-likeness (QED) is 0.665. The van der Waals surface area contributed by atoms with Crippen LogP contribution in [0.3, 0.4) is 0 Å². The van der Waals surface area contributed by atoms with Crippen LogP contribution < -0.4 is 5.32 Å². The highest BCUT2D eigenvalue weighted by atomic mass is 16.3. The number of aromatic nitrogens is 5. The van der Waals surface area contributed by atoms with Crippen molar-refractivity contribution in [1.29, 1.82) is 0 Å². The molecular formula is C17H24N6O. The largest absolute Gasteiger partial charge is 0.392 e. The van der Waals surface area contributed by atoms with Crippen LogP contribution in [-0.2, 0) is 0 Å². The van der Waals surface area contributed by atoms with E-state index in [-0.39, 0.29) is 6.10 Å². The Bertz CT molecular complexity index is 815. The number of aliphatic hydroxyl groups is 1. The lowest BCUT2D eigenvalue weighted by Crippen LogP contribution is -2.31. The van der Waals surface area contributed by atoms with Gasteiger partial charge in [0.05, 0.1) is 11.8 Å². The second-order valence-electron chi connectivity index (χ2n) is 6.98. The molecule has 0 aliphatic heterocycles. The van der Waals surface area contributed by atoms with Gasteiger partial charge in [0, 0.05) is 24.0 Å². The van der Waals surface area contributed by atoms with Crippen LogP contribution in [-0.4, -0.2) is 49.1 Å². The van der Waals surface area contributed by atoms with Gasteiger partial charge in [-0.3, -0.25) is 0 Å². The molecule has 1 aliphatic rings. The molecule has 0 spiro atoms. The Kier molecular flexibility index (Phi) is 4.20. The van der Waals surface area contributed by atoms with Gasteiger partial charge in [-0.25, -0.2) is 9.50 Å². The fourth-order valence-electron chi connectivity index (χ4n) is 3.83. The number of aliphatic hydroxyl groups excluding tert-OH is 1. The number of H-pyrrole nitrogens is 1. The Morgan fingerprint density at radius 3 is 3.00 bits per heavy atom. The van der Waals surface area contributed by atoms with E-state index in [0.29, 0.717) is 18.4 Å². The smallest absolute Gasteiger partial charge is 0.141 e. The van der Waals surface area contributed by atoms with Crippen molar-refractivity contribution in [3.8, 4) is 0 Å². The Hall–Kier alpha value is -1.99. The number of nitrogens with one attached hydrogen (secondary N) is 2. The van der Waals surface area contributed by atoms with E-state index < -0.39 is 0 Å². The van der Waals surface area contributed by atoms with Gasteiger partial charge in [-0.15, -0.1) is 5.10 Å². The number of fused-ring (bicyclic) bond motifs is 3. The van der Waals surface area contributed by atoms with Crippen LogP contribution in [0.5, 0.6) is 0 Å². The summed E-state index contributed by atoms with van der Waals surface area (Å²) in [4.78, 5) is 7.53. The van der Waals surface area contributed by atoms with Crippen molar-refractivity contribution in [2.75, 3.05) is 13.1 Å². The van der Waals surface area contributed by atoms with Crippen LogP contribution in [0.2, 0.25) is 0 Å². The number of hydrogen-bond acceptors (Lipinski definition) is 5. The number of aromatic amines is 1. The van der Waals surface area contributed by atoms with Crippen molar-refractivity contribution in [3.05, 3.63) is 24.3 Å². The minimum absolute atomic E-state index is 0.276. The average molecular weight is 328 g/mol. The zero-order valence-electron chi connectivity index (χ0n) is 13.9. The van der Waals surface area contributed by atoms with Crippen molar-refractivity contribution < 1.29 is 5.11 Å². The predicted octanol–water partition coefficient (Wildman–Crippen LogP) is 1.85. The van der Waals surface area contributed by atoms with E-state index in [1.54, 1.807) is 10.8 Å². The summed E-state index contributed by atoms with van der Waals surface area (Å²) in [5.74, 6) is 1.16. The second-order valence-corrected chi connectivity index (χ2v) is 6.98. The summed E-state index contributed by atoms with van der Waals surface area (Å²) in [6.07, 6.45) is 8.04. The molecule has 3 aromatic rings. The van der Waals surface area contributed by atoms with Crippen molar-refractivity contribution in [1.82, 2.24) is 30.1 Å². The van der Waals surface area contributed by atoms with Crippen LogP contribution in [0, 0.1) is 5.92 Å². The molecule has 0 radical (unpaired) electrons. The van der Waals surface area contributed by atoms with Gasteiger partial charge in [0.1, 0.15) is 17.5 Å². The van der Waals surface area contributed by atoms with E-state index in [1.165, 1.54) is 12.8 Å². The molecule has 0 amide bonds. The number of nitrogens with zero attached hydrogens (tertiary/aromatic N) is 4. The summed E-state index contributed by atoms with van der Waals surface area (Å²) in [6.45, 7) is 3.48. The third kappa shape index (κ3) is 2.89. The number of hydrogen-bond donors (Lipinski definition) is 3. The Balaban J connectivity index is 1.48. The molecule has 4 rings (SSSR count). The highest BCUT2D eigenvalue weighted by Gasteiger charge is 2.26. The highest BCUT2D eigenvalue weighted by Crippen LogP contribution is 2.37. The fourth-order valence-corrected chi connectivity index (χ4v) is 3.83. The molecular weight excluding hydrogens is 304 g/mol. The van der Waals surface area contributed by atoms with Crippen LogP contribution >= 0.6 is 0 Å². The topological polar surface area (TPSA) is 91.1 Å². The lowest BCUT2D eigenvalue weighted by atomic mass is 9.80. The molecule has 1 saturated carbocycles. The first-order valence-electron chi connectivity index (χ1n) is 8.78. The van der Waals surface area contributed by atoms with Gasteiger partial charge in [-0.05, 0) is 51.1 Å². The summed E-state index contributed by atoms with van der Waals surface area (Å²) in [6, 6.07) is 2.05. The van der Waals surface area contributed by atoms with Crippen molar-refractivity contribution in [3.63, 3.8) is 0 Å². The standard InChI is InChI=1S/C17H24N6O/c1-11(24)8-18-9-12-2-4-13(5-3-12)15-16-14-6-7-19-17(14)20-10-23(16)22-21-15/h6-7,10-13,18-19,24H,2-5,8-9H2,1H3/t11-,12?,13?/m1/s1. The van der Waals surface area contributed by atoms with E-state index in [1.807, 2.05) is 13.1 Å². The molecule has 1 atom stereocenters. The van der Waals surface area contributed by atoms with Crippen LogP contribution in [0.25, 0.3) is 16.6 Å². The molecule has 1 fully saturated rings. The summed E-state index contributed by atoms with van der Waals surface area (Å²) < 4.78 is 1.79. The molecule has 3 N–H and O–H groups in total. The van der Waals surface area contributed by atoms with Gasteiger partial charge in [0.15, 0.2) is 0 Å². The molecule has 24 heavy (non-hydrogen) atoms. The molecule has 3 aromatic heterocycles. The third-order valence-corrected chi connectivity index (χ3v) is 5.10. The first-order valence-corrected chi connectivity index (χ1v) is 8.78. The summed E-state index contributed by atoms with van der Waals surface area (Å²) in [5, 5.41) is 22.5. The van der Waals surface area contributed by atoms with Gasteiger partial charge in [0.2, 0.25) is 0 Å². The first kappa shape index (κ1) is 15.5. The Morgan fingerprint density at radius 2 is 2.21 bits per heavy atom. The van der Waals surface area contributed by atoms with Crippen molar-refractivity contribution >= 4 is 16.6 Å². The lowest BCUT2D eigenvalue weighted by molar-refractivity contribution is 0.186. The van der Waals surface area contributed by atoms with Crippen LogP contribution in [0.1, 0.15) is 44.2 Å².